The third-order valence-corrected chi connectivity index (χ3v) is 6.87. The molecule has 2 aromatic carbocycles. The van der Waals surface area contributed by atoms with Gasteiger partial charge in [-0.1, -0.05) is 25.0 Å². The summed E-state index contributed by atoms with van der Waals surface area (Å²) in [6.45, 7) is 2.22. The van der Waals surface area contributed by atoms with E-state index in [0.29, 0.717) is 44.0 Å². The molecule has 1 aliphatic heterocycles. The van der Waals surface area contributed by atoms with Crippen LogP contribution in [-0.2, 0) is 16.8 Å². The van der Waals surface area contributed by atoms with Crippen molar-refractivity contribution >= 4 is 17.5 Å². The maximum atomic E-state index is 13.0. The molecule has 2 N–H and O–H groups in total. The summed E-state index contributed by atoms with van der Waals surface area (Å²) in [5, 5.41) is 6.03. The molecule has 1 saturated carbocycles. The Morgan fingerprint density at radius 1 is 1.03 bits per heavy atom. The van der Waals surface area contributed by atoms with Crippen LogP contribution < -0.4 is 20.1 Å². The molecule has 0 radical (unpaired) electrons. The van der Waals surface area contributed by atoms with Gasteiger partial charge in [0.15, 0.2) is 11.5 Å². The Balaban J connectivity index is 1.22. The average Bonchev–Trinajstić information content (AvgIpc) is 3.59. The second kappa shape index (κ2) is 10.2. The molecule has 8 heteroatoms. The molecule has 2 heterocycles. The summed E-state index contributed by atoms with van der Waals surface area (Å²) in [5.74, 6) is 1.30. The highest BCUT2D eigenvalue weighted by molar-refractivity contribution is 5.97. The highest BCUT2D eigenvalue weighted by Crippen LogP contribution is 2.43. The lowest BCUT2D eigenvalue weighted by Gasteiger charge is -2.31. The topological polar surface area (TPSA) is 94.5 Å². The predicted octanol–water partition coefficient (Wildman–Crippen LogP) is 3.92. The highest BCUT2D eigenvalue weighted by Gasteiger charge is 2.37. The summed E-state index contributed by atoms with van der Waals surface area (Å²) in [6, 6.07) is 13.2. The first kappa shape index (κ1) is 23.0. The molecule has 5 rings (SSSR count). The van der Waals surface area contributed by atoms with Crippen molar-refractivity contribution in [2.75, 3.05) is 25.1 Å². The fourth-order valence-corrected chi connectivity index (χ4v) is 4.96. The zero-order valence-electron chi connectivity index (χ0n) is 19.7. The number of nitrogens with zero attached hydrogens (tertiary/aromatic N) is 2. The van der Waals surface area contributed by atoms with E-state index in [1.165, 1.54) is 5.56 Å². The number of amides is 2. The minimum absolute atomic E-state index is 0.111. The molecule has 0 atom stereocenters. The largest absolute Gasteiger partial charge is 0.486 e. The van der Waals surface area contributed by atoms with E-state index in [9.17, 15) is 9.59 Å². The highest BCUT2D eigenvalue weighted by atomic mass is 16.6. The number of carbonyl (C=O) groups is 2. The van der Waals surface area contributed by atoms with Crippen molar-refractivity contribution in [2.24, 2.45) is 0 Å². The summed E-state index contributed by atoms with van der Waals surface area (Å²) in [4.78, 5) is 29.4. The number of aromatic nitrogens is 2. The summed E-state index contributed by atoms with van der Waals surface area (Å²) in [5.41, 5.74) is 2.19. The number of ether oxygens (including phenoxy) is 2. The summed E-state index contributed by atoms with van der Waals surface area (Å²) < 4.78 is 13.3. The van der Waals surface area contributed by atoms with E-state index in [1.807, 2.05) is 16.8 Å². The Hall–Kier alpha value is -3.81. The van der Waals surface area contributed by atoms with Crippen LogP contribution in [-0.4, -0.2) is 41.1 Å². The molecule has 0 saturated heterocycles. The molecule has 2 aliphatic rings. The molecule has 8 nitrogen and oxygen atoms in total. The molecule has 3 aromatic rings. The number of fused-ring (bicyclic) bond motifs is 1. The first-order valence-electron chi connectivity index (χ1n) is 12.2. The van der Waals surface area contributed by atoms with Crippen molar-refractivity contribution < 1.29 is 19.1 Å². The lowest BCUT2D eigenvalue weighted by Crippen LogP contribution is -2.39. The average molecular weight is 475 g/mol. The first-order chi connectivity index (χ1) is 17.1. The molecule has 182 valence electrons. The molecule has 35 heavy (non-hydrogen) atoms. The van der Waals surface area contributed by atoms with Crippen molar-refractivity contribution in [1.29, 1.82) is 0 Å². The second-order valence-corrected chi connectivity index (χ2v) is 9.21. The number of anilines is 1. The Kier molecular flexibility index (Phi) is 6.70. The van der Waals surface area contributed by atoms with Gasteiger partial charge in [-0.2, -0.15) is 0 Å². The molecular weight excluding hydrogens is 444 g/mol. The summed E-state index contributed by atoms with van der Waals surface area (Å²) >= 11 is 0. The maximum Gasteiger partial charge on any atom is 0.251 e. The minimum Gasteiger partial charge on any atom is -0.486 e. The zero-order valence-corrected chi connectivity index (χ0v) is 19.7. The van der Waals surface area contributed by atoms with Crippen LogP contribution in [0.4, 0.5) is 5.69 Å². The van der Waals surface area contributed by atoms with Crippen molar-refractivity contribution in [3.63, 3.8) is 0 Å². The van der Waals surface area contributed by atoms with E-state index in [2.05, 4.69) is 27.8 Å². The first-order valence-corrected chi connectivity index (χ1v) is 12.2. The summed E-state index contributed by atoms with van der Waals surface area (Å²) in [6.07, 6.45) is 9.80. The summed E-state index contributed by atoms with van der Waals surface area (Å²) in [7, 11) is 0. The van der Waals surface area contributed by atoms with Crippen LogP contribution in [0.1, 0.15) is 48.0 Å². The van der Waals surface area contributed by atoms with Gasteiger partial charge in [-0.05, 0) is 48.7 Å². The molecule has 1 aliphatic carbocycles. The fraction of sp³-hybridized carbons (Fsp3) is 0.370. The molecule has 1 aromatic heterocycles. The Morgan fingerprint density at radius 3 is 2.66 bits per heavy atom. The number of benzene rings is 2. The minimum atomic E-state index is -0.150. The van der Waals surface area contributed by atoms with E-state index in [0.717, 1.165) is 37.2 Å². The molecule has 0 bridgehead atoms. The van der Waals surface area contributed by atoms with Crippen LogP contribution in [0.25, 0.3) is 0 Å². The van der Waals surface area contributed by atoms with E-state index in [1.54, 1.807) is 36.8 Å². The monoisotopic (exact) mass is 474 g/mol. The predicted molar refractivity (Wildman–Crippen MR) is 132 cm³/mol. The van der Waals surface area contributed by atoms with Crippen molar-refractivity contribution in [3.8, 4) is 11.5 Å². The lowest BCUT2D eigenvalue weighted by molar-refractivity contribution is -0.116. The smallest absolute Gasteiger partial charge is 0.251 e. The quantitative estimate of drug-likeness (QED) is 0.516. The zero-order chi connectivity index (χ0) is 24.1. The van der Waals surface area contributed by atoms with E-state index < -0.39 is 0 Å². The number of aryl methyl sites for hydroxylation is 1. The normalized spacial score (nSPS) is 16.0. The number of nitrogens with one attached hydrogen (secondary N) is 2. The van der Waals surface area contributed by atoms with Gasteiger partial charge >= 0.3 is 0 Å². The van der Waals surface area contributed by atoms with Crippen LogP contribution in [0.5, 0.6) is 11.5 Å². The SMILES string of the molecule is O=C(CCn1ccnc1)Nc1cccc(C(=O)NCC2(c3ccc4c(c3)OCCO4)CCCC2)c1. The van der Waals surface area contributed by atoms with Crippen LogP contribution in [0.15, 0.2) is 61.2 Å². The molecule has 0 spiro atoms. The van der Waals surface area contributed by atoms with Gasteiger partial charge in [0.2, 0.25) is 5.91 Å². The van der Waals surface area contributed by atoms with Crippen LogP contribution >= 0.6 is 0 Å². The van der Waals surface area contributed by atoms with E-state index >= 15 is 0 Å². The molecule has 2 amide bonds. The van der Waals surface area contributed by atoms with Crippen molar-refractivity contribution in [3.05, 3.63) is 72.3 Å². The van der Waals surface area contributed by atoms with Gasteiger partial charge in [0.25, 0.3) is 5.91 Å². The molecular formula is C27H30N4O4. The third kappa shape index (κ3) is 5.31. The lowest BCUT2D eigenvalue weighted by atomic mass is 9.78. The maximum absolute atomic E-state index is 13.0. The molecule has 1 fully saturated rings. The number of hydrogen-bond acceptors (Lipinski definition) is 5. The van der Waals surface area contributed by atoms with Crippen LogP contribution in [0.2, 0.25) is 0 Å². The van der Waals surface area contributed by atoms with E-state index in [4.69, 9.17) is 9.47 Å². The Labute approximate surface area is 204 Å². The third-order valence-electron chi connectivity index (χ3n) is 6.87. The van der Waals surface area contributed by atoms with Crippen LogP contribution in [0, 0.1) is 0 Å². The number of hydrogen-bond donors (Lipinski definition) is 2. The fourth-order valence-electron chi connectivity index (χ4n) is 4.96. The van der Waals surface area contributed by atoms with Gasteiger partial charge < -0.3 is 24.7 Å². The standard InChI is InChI=1S/C27H30N4O4/c32-25(8-12-31-13-11-28-19-31)30-22-5-3-4-20(16-22)26(33)29-18-27(9-1-2-10-27)21-6-7-23-24(17-21)35-15-14-34-23/h3-7,11,13,16-17,19H,1-2,8-10,12,14-15,18H2,(H,29,33)(H,30,32). The van der Waals surface area contributed by atoms with Gasteiger partial charge in [-0.25, -0.2) is 4.98 Å². The van der Waals surface area contributed by atoms with Crippen molar-refractivity contribution in [1.82, 2.24) is 14.9 Å². The Morgan fingerprint density at radius 2 is 1.86 bits per heavy atom. The van der Waals surface area contributed by atoms with Crippen LogP contribution in [0.3, 0.4) is 0 Å². The van der Waals surface area contributed by atoms with Gasteiger partial charge in [0, 0.05) is 48.6 Å². The second-order valence-electron chi connectivity index (χ2n) is 9.21. The number of carbonyl (C=O) groups excluding carboxylic acids is 2. The van der Waals surface area contributed by atoms with Gasteiger partial charge in [0.1, 0.15) is 13.2 Å². The van der Waals surface area contributed by atoms with Gasteiger partial charge in [0.05, 0.1) is 6.33 Å². The number of imidazole rings is 1. The van der Waals surface area contributed by atoms with Gasteiger partial charge in [-0.15, -0.1) is 0 Å². The van der Waals surface area contributed by atoms with Crippen molar-refractivity contribution in [2.45, 2.75) is 44.1 Å². The van der Waals surface area contributed by atoms with Gasteiger partial charge in [-0.3, -0.25) is 9.59 Å². The Bertz CT molecular complexity index is 1190. The van der Waals surface area contributed by atoms with E-state index in [-0.39, 0.29) is 17.2 Å². The number of rotatable bonds is 8. The molecule has 0 unspecified atom stereocenters.